The van der Waals surface area contributed by atoms with Crippen LogP contribution in [0.5, 0.6) is 0 Å². The minimum atomic E-state index is -4.47. The fourth-order valence-electron chi connectivity index (χ4n) is 5.61. The van der Waals surface area contributed by atoms with Crippen LogP contribution in [0.15, 0.2) is 23.0 Å². The highest BCUT2D eigenvalue weighted by Crippen LogP contribution is 2.34. The molecule has 3 fully saturated rings. The number of hydrogen-bond acceptors (Lipinski definition) is 3. The van der Waals surface area contributed by atoms with Gasteiger partial charge in [0, 0.05) is 51.6 Å². The fraction of sp³-hybridized carbons (Fsp3) is 0.640. The number of benzene rings is 1. The minimum Gasteiger partial charge on any atom is -0.339 e. The Morgan fingerprint density at radius 1 is 0.857 bits per heavy atom. The summed E-state index contributed by atoms with van der Waals surface area (Å²) in [5.74, 6) is 0.618. The lowest BCUT2D eigenvalue weighted by atomic mass is 9.81. The average molecular weight is 493 g/mol. The van der Waals surface area contributed by atoms with Crippen molar-refractivity contribution in [2.24, 2.45) is 24.8 Å². The fourth-order valence-corrected chi connectivity index (χ4v) is 5.61. The van der Waals surface area contributed by atoms with Crippen LogP contribution in [0.4, 0.5) is 13.2 Å². The molecule has 3 aliphatic rings. The molecule has 2 aromatic rings. The van der Waals surface area contributed by atoms with Gasteiger partial charge < -0.3 is 9.80 Å². The molecule has 2 saturated carbocycles. The Balaban J connectivity index is 1.20. The maximum atomic E-state index is 13.2. The normalized spacial score (nSPS) is 23.7. The van der Waals surface area contributed by atoms with Crippen LogP contribution in [-0.4, -0.2) is 56.9 Å². The molecule has 190 valence electrons. The molecule has 0 bridgehead atoms. The molecule has 35 heavy (non-hydrogen) atoms. The van der Waals surface area contributed by atoms with Crippen LogP contribution in [0, 0.1) is 17.8 Å². The summed E-state index contributed by atoms with van der Waals surface area (Å²) < 4.78 is 42.5. The summed E-state index contributed by atoms with van der Waals surface area (Å²) >= 11 is 0. The molecule has 1 aromatic carbocycles. The average Bonchev–Trinajstić information content (AvgIpc) is 3.68. The number of hydrogen-bond donors (Lipinski definition) is 0. The predicted molar refractivity (Wildman–Crippen MR) is 124 cm³/mol. The Hall–Kier alpha value is -2.78. The molecule has 7 nitrogen and oxygen atoms in total. The van der Waals surface area contributed by atoms with Gasteiger partial charge in [0.1, 0.15) is 0 Å². The number of nitrogens with zero attached hydrogens (tertiary/aromatic N) is 4. The molecule has 0 N–H and O–H groups in total. The van der Waals surface area contributed by atoms with Crippen molar-refractivity contribution in [1.82, 2.24) is 18.9 Å². The number of amides is 2. The number of carbonyl (C=O) groups is 2. The number of halogens is 3. The SMILES string of the molecule is Cn1c(=O)n(C[C@H]2CC[C@H](C(=O)N3CCN(C(=O)C4CC4)CC3)CC2)c2cc(C(F)(F)F)ccc21. The summed E-state index contributed by atoms with van der Waals surface area (Å²) in [6, 6.07) is 3.41. The quantitative estimate of drug-likeness (QED) is 0.658. The molecular formula is C25H31F3N4O3. The molecule has 0 radical (unpaired) electrons. The Bertz CT molecular complexity index is 1180. The first kappa shape index (κ1) is 23.9. The van der Waals surface area contributed by atoms with Crippen LogP contribution in [0.1, 0.15) is 44.1 Å². The van der Waals surface area contributed by atoms with E-state index in [2.05, 4.69) is 0 Å². The first-order valence-corrected chi connectivity index (χ1v) is 12.5. The van der Waals surface area contributed by atoms with Gasteiger partial charge in [0.2, 0.25) is 11.8 Å². The van der Waals surface area contributed by atoms with Gasteiger partial charge >= 0.3 is 11.9 Å². The molecule has 10 heteroatoms. The maximum absolute atomic E-state index is 13.2. The zero-order valence-electron chi connectivity index (χ0n) is 19.9. The number of alkyl halides is 3. The summed E-state index contributed by atoms with van der Waals surface area (Å²) in [6.07, 6.45) is 0.401. The monoisotopic (exact) mass is 492 g/mol. The van der Waals surface area contributed by atoms with Crippen LogP contribution in [0.2, 0.25) is 0 Å². The molecule has 1 saturated heterocycles. The van der Waals surface area contributed by atoms with Crippen molar-refractivity contribution in [3.8, 4) is 0 Å². The largest absolute Gasteiger partial charge is 0.416 e. The van der Waals surface area contributed by atoms with Crippen LogP contribution < -0.4 is 5.69 Å². The van der Waals surface area contributed by atoms with E-state index in [0.717, 1.165) is 37.8 Å². The van der Waals surface area contributed by atoms with E-state index in [4.69, 9.17) is 0 Å². The van der Waals surface area contributed by atoms with Gasteiger partial charge in [-0.3, -0.25) is 18.7 Å². The van der Waals surface area contributed by atoms with E-state index < -0.39 is 11.7 Å². The lowest BCUT2D eigenvalue weighted by Crippen LogP contribution is -2.52. The molecule has 5 rings (SSSR count). The highest BCUT2D eigenvalue weighted by atomic mass is 19.4. The van der Waals surface area contributed by atoms with Crippen LogP contribution in [-0.2, 0) is 29.4 Å². The number of piperazine rings is 1. The van der Waals surface area contributed by atoms with E-state index in [1.54, 1.807) is 7.05 Å². The van der Waals surface area contributed by atoms with Gasteiger partial charge in [-0.15, -0.1) is 0 Å². The Kier molecular flexibility index (Phi) is 6.17. The van der Waals surface area contributed by atoms with Gasteiger partial charge in [0.25, 0.3) is 0 Å². The van der Waals surface area contributed by atoms with Gasteiger partial charge in [0.05, 0.1) is 16.6 Å². The van der Waals surface area contributed by atoms with E-state index in [9.17, 15) is 27.6 Å². The first-order chi connectivity index (χ1) is 16.6. The van der Waals surface area contributed by atoms with E-state index in [-0.39, 0.29) is 35.3 Å². The first-order valence-electron chi connectivity index (χ1n) is 12.5. The molecule has 2 heterocycles. The van der Waals surface area contributed by atoms with Crippen molar-refractivity contribution in [2.45, 2.75) is 51.2 Å². The molecule has 0 spiro atoms. The summed E-state index contributed by atoms with van der Waals surface area (Å²) in [5.41, 5.74) is -0.316. The highest BCUT2D eigenvalue weighted by molar-refractivity contribution is 5.82. The molecule has 2 aliphatic carbocycles. The number of rotatable bonds is 4. The minimum absolute atomic E-state index is 0.0713. The number of carbonyl (C=O) groups excluding carboxylic acids is 2. The van der Waals surface area contributed by atoms with Crippen LogP contribution >= 0.6 is 0 Å². The Morgan fingerprint density at radius 2 is 1.37 bits per heavy atom. The Morgan fingerprint density at radius 3 is 1.86 bits per heavy atom. The van der Waals surface area contributed by atoms with Crippen molar-refractivity contribution in [1.29, 1.82) is 0 Å². The predicted octanol–water partition coefficient (Wildman–Crippen LogP) is 3.25. The number of aryl methyl sites for hydroxylation is 1. The second-order valence-corrected chi connectivity index (χ2v) is 10.3. The van der Waals surface area contributed by atoms with Gasteiger partial charge in [-0.1, -0.05) is 0 Å². The zero-order chi connectivity index (χ0) is 24.9. The summed E-state index contributed by atoms with van der Waals surface area (Å²) in [4.78, 5) is 41.8. The third kappa shape index (κ3) is 4.71. The van der Waals surface area contributed by atoms with Crippen LogP contribution in [0.3, 0.4) is 0 Å². The summed E-state index contributed by atoms with van der Waals surface area (Å²) in [7, 11) is 1.57. The Labute approximate surface area is 201 Å². The molecule has 1 aromatic heterocycles. The van der Waals surface area contributed by atoms with Crippen molar-refractivity contribution >= 4 is 22.8 Å². The molecule has 1 aliphatic heterocycles. The topological polar surface area (TPSA) is 67.6 Å². The van der Waals surface area contributed by atoms with E-state index in [0.29, 0.717) is 56.6 Å². The molecule has 2 amide bonds. The van der Waals surface area contributed by atoms with E-state index in [1.807, 2.05) is 9.80 Å². The maximum Gasteiger partial charge on any atom is 0.416 e. The molecule has 0 unspecified atom stereocenters. The standard InChI is InChI=1S/C25H31F3N4O3/c1-29-20-9-8-19(25(26,27)28)14-21(20)32(24(29)35)15-16-2-4-17(5-3-16)22(33)30-10-12-31(13-11-30)23(34)18-6-7-18/h8-9,14,16-18H,2-7,10-13,15H2,1H3/t16-,17-. The zero-order valence-corrected chi connectivity index (χ0v) is 19.9. The lowest BCUT2D eigenvalue weighted by molar-refractivity contribution is -0.143. The highest BCUT2D eigenvalue weighted by Gasteiger charge is 2.37. The van der Waals surface area contributed by atoms with Crippen LogP contribution in [0.25, 0.3) is 11.0 Å². The van der Waals surface area contributed by atoms with Gasteiger partial charge in [0.15, 0.2) is 0 Å². The number of aromatic nitrogens is 2. The van der Waals surface area contributed by atoms with Crippen molar-refractivity contribution in [3.05, 3.63) is 34.2 Å². The summed E-state index contributed by atoms with van der Waals surface area (Å²) in [5, 5.41) is 0. The summed E-state index contributed by atoms with van der Waals surface area (Å²) in [6.45, 7) is 2.69. The number of fused-ring (bicyclic) bond motifs is 1. The van der Waals surface area contributed by atoms with Gasteiger partial charge in [-0.05, 0) is 62.6 Å². The van der Waals surface area contributed by atoms with Gasteiger partial charge in [-0.25, -0.2) is 4.79 Å². The third-order valence-corrected chi connectivity index (χ3v) is 7.94. The van der Waals surface area contributed by atoms with E-state index >= 15 is 0 Å². The van der Waals surface area contributed by atoms with Crippen molar-refractivity contribution in [2.75, 3.05) is 26.2 Å². The molecular weight excluding hydrogens is 461 g/mol. The van der Waals surface area contributed by atoms with Crippen molar-refractivity contribution < 1.29 is 22.8 Å². The second kappa shape index (κ2) is 9.02. The lowest BCUT2D eigenvalue weighted by Gasteiger charge is -2.38. The molecule has 0 atom stereocenters. The number of imidazole rings is 1. The second-order valence-electron chi connectivity index (χ2n) is 10.3. The smallest absolute Gasteiger partial charge is 0.339 e. The van der Waals surface area contributed by atoms with Crippen molar-refractivity contribution in [3.63, 3.8) is 0 Å². The third-order valence-electron chi connectivity index (χ3n) is 7.94. The van der Waals surface area contributed by atoms with E-state index in [1.165, 1.54) is 15.2 Å². The van der Waals surface area contributed by atoms with Gasteiger partial charge in [-0.2, -0.15) is 13.2 Å².